The summed E-state index contributed by atoms with van der Waals surface area (Å²) < 4.78 is 68.6. The number of furan rings is 2. The highest BCUT2D eigenvalue weighted by molar-refractivity contribution is 6.17. The average molecular weight is 724 g/mol. The monoisotopic (exact) mass is 723 g/mol. The summed E-state index contributed by atoms with van der Waals surface area (Å²) in [6, 6.07) is 46.7. The van der Waals surface area contributed by atoms with Gasteiger partial charge >= 0.3 is 0 Å². The molecule has 0 bridgehead atoms. The standard InChI is InChI=1S/C51H31N3O2/c1-4-14-32(15-5-1)35-26-28-41(43(30-35)33-16-6-2-7-17-33)51-53-49(34-18-8-3-9-19-34)52-50(54-51)36-27-29-42-46(31-36)55-45-25-13-21-38(47(42)45)40-23-12-22-39-37-20-10-11-24-44(37)56-48(39)40/h1-31H/i13D,21D,25D,27D,29D,31D. The third kappa shape index (κ3) is 5.37. The lowest BCUT2D eigenvalue weighted by Crippen LogP contribution is -2.01. The normalized spacial score (nSPS) is 13.1. The first-order chi connectivity index (χ1) is 30.3. The maximum atomic E-state index is 9.68. The van der Waals surface area contributed by atoms with E-state index in [1.807, 2.05) is 127 Å². The summed E-state index contributed by atoms with van der Waals surface area (Å²) in [5, 5.41) is 1.92. The molecular formula is C51H31N3O2. The zero-order valence-corrected chi connectivity index (χ0v) is 29.6. The second-order valence-electron chi connectivity index (χ2n) is 13.5. The Hall–Kier alpha value is -7.63. The van der Waals surface area contributed by atoms with E-state index < -0.39 is 0 Å². The molecule has 0 aliphatic heterocycles. The molecule has 0 unspecified atom stereocenters. The van der Waals surface area contributed by atoms with Crippen LogP contribution < -0.4 is 0 Å². The molecular weight excluding hydrogens is 687 g/mol. The Morgan fingerprint density at radius 3 is 1.86 bits per heavy atom. The lowest BCUT2D eigenvalue weighted by Gasteiger charge is -2.14. The molecule has 11 aromatic rings. The van der Waals surface area contributed by atoms with Gasteiger partial charge in [-0.05, 0) is 64.1 Å². The number of fused-ring (bicyclic) bond motifs is 6. The molecule has 0 saturated heterocycles. The highest BCUT2D eigenvalue weighted by Gasteiger charge is 2.20. The molecule has 3 heterocycles. The molecule has 262 valence electrons. The molecule has 0 aliphatic rings. The number of nitrogens with zero attached hydrogens (tertiary/aromatic N) is 3. The number of benzene rings is 8. The quantitative estimate of drug-likeness (QED) is 0.171. The summed E-state index contributed by atoms with van der Waals surface area (Å²) in [5.41, 5.74) is 6.78. The first kappa shape index (κ1) is 26.2. The molecule has 11 rings (SSSR count). The third-order valence-corrected chi connectivity index (χ3v) is 10.1. The van der Waals surface area contributed by atoms with E-state index in [1.54, 1.807) is 6.07 Å². The fraction of sp³-hybridized carbons (Fsp3) is 0. The zero-order chi connectivity index (χ0) is 42.2. The lowest BCUT2D eigenvalue weighted by molar-refractivity contribution is 0.669. The van der Waals surface area contributed by atoms with Gasteiger partial charge in [0.1, 0.15) is 22.3 Å². The second-order valence-corrected chi connectivity index (χ2v) is 13.5. The van der Waals surface area contributed by atoms with Crippen LogP contribution in [0.3, 0.4) is 0 Å². The molecule has 3 aromatic heterocycles. The average Bonchev–Trinajstić information content (AvgIpc) is 3.91. The van der Waals surface area contributed by atoms with Gasteiger partial charge in [0, 0.05) is 43.8 Å². The van der Waals surface area contributed by atoms with Crippen LogP contribution in [0, 0.1) is 0 Å². The van der Waals surface area contributed by atoms with Gasteiger partial charge < -0.3 is 8.83 Å². The minimum absolute atomic E-state index is 0.00779. The predicted molar refractivity (Wildman–Crippen MR) is 227 cm³/mol. The van der Waals surface area contributed by atoms with E-state index in [2.05, 4.69) is 18.2 Å². The van der Waals surface area contributed by atoms with E-state index in [0.29, 0.717) is 39.5 Å². The van der Waals surface area contributed by atoms with Crippen LogP contribution in [0.25, 0.3) is 111 Å². The molecule has 5 nitrogen and oxygen atoms in total. The molecule has 0 amide bonds. The highest BCUT2D eigenvalue weighted by Crippen LogP contribution is 2.43. The molecule has 0 fully saturated rings. The maximum Gasteiger partial charge on any atom is 0.164 e. The van der Waals surface area contributed by atoms with E-state index in [4.69, 9.17) is 26.5 Å². The van der Waals surface area contributed by atoms with Gasteiger partial charge in [-0.25, -0.2) is 15.0 Å². The van der Waals surface area contributed by atoms with Crippen LogP contribution in [0.5, 0.6) is 0 Å². The van der Waals surface area contributed by atoms with Gasteiger partial charge in [0.15, 0.2) is 17.5 Å². The minimum Gasteiger partial charge on any atom is -0.456 e. The summed E-state index contributed by atoms with van der Waals surface area (Å²) >= 11 is 0. The maximum absolute atomic E-state index is 9.68. The first-order valence-corrected chi connectivity index (χ1v) is 18.2. The van der Waals surface area contributed by atoms with Crippen molar-refractivity contribution in [2.24, 2.45) is 0 Å². The molecule has 0 spiro atoms. The van der Waals surface area contributed by atoms with E-state index in [1.165, 1.54) is 0 Å². The molecule has 0 atom stereocenters. The van der Waals surface area contributed by atoms with Gasteiger partial charge in [-0.1, -0.05) is 152 Å². The largest absolute Gasteiger partial charge is 0.456 e. The molecule has 8 aromatic carbocycles. The van der Waals surface area contributed by atoms with Crippen LogP contribution in [0.1, 0.15) is 8.22 Å². The van der Waals surface area contributed by atoms with Gasteiger partial charge in [-0.2, -0.15) is 0 Å². The van der Waals surface area contributed by atoms with E-state index in [0.717, 1.165) is 33.0 Å². The predicted octanol–water partition coefficient (Wildman–Crippen LogP) is 13.7. The van der Waals surface area contributed by atoms with Crippen molar-refractivity contribution in [3.8, 4) is 67.5 Å². The number of aromatic nitrogens is 3. The fourth-order valence-corrected chi connectivity index (χ4v) is 7.44. The number of para-hydroxylation sites is 2. The van der Waals surface area contributed by atoms with Crippen molar-refractivity contribution in [3.63, 3.8) is 0 Å². The first-order valence-electron chi connectivity index (χ1n) is 21.2. The number of rotatable bonds is 6. The summed E-state index contributed by atoms with van der Waals surface area (Å²) in [4.78, 5) is 14.8. The van der Waals surface area contributed by atoms with Crippen LogP contribution in [-0.4, -0.2) is 15.0 Å². The van der Waals surface area contributed by atoms with Crippen molar-refractivity contribution >= 4 is 43.9 Å². The SMILES string of the molecule is [2H]c1c([2H])c(-c2cccc3c2oc2ccccc23)c2c(oc3c([2H])c(-c4nc(-c5ccccc5)nc(-c5ccc(-c6ccccc6)cc5-c5ccccc5)n4)c([2H])c([2H])c32)c1[2H]. The summed E-state index contributed by atoms with van der Waals surface area (Å²) in [7, 11) is 0. The van der Waals surface area contributed by atoms with E-state index >= 15 is 0 Å². The van der Waals surface area contributed by atoms with Crippen LogP contribution in [0.2, 0.25) is 0 Å². The van der Waals surface area contributed by atoms with Crippen molar-refractivity contribution in [2.75, 3.05) is 0 Å². The Morgan fingerprint density at radius 2 is 1.05 bits per heavy atom. The molecule has 56 heavy (non-hydrogen) atoms. The van der Waals surface area contributed by atoms with E-state index in [-0.39, 0.29) is 75.1 Å². The minimum atomic E-state index is -0.383. The van der Waals surface area contributed by atoms with Gasteiger partial charge in [-0.15, -0.1) is 0 Å². The van der Waals surface area contributed by atoms with Gasteiger partial charge in [0.2, 0.25) is 0 Å². The summed E-state index contributed by atoms with van der Waals surface area (Å²) in [6.45, 7) is 0. The van der Waals surface area contributed by atoms with Gasteiger partial charge in [0.05, 0.1) is 8.22 Å². The van der Waals surface area contributed by atoms with Crippen molar-refractivity contribution < 1.29 is 17.1 Å². The number of hydrogen-bond donors (Lipinski definition) is 0. The van der Waals surface area contributed by atoms with Crippen LogP contribution in [0.15, 0.2) is 197 Å². The number of hydrogen-bond acceptors (Lipinski definition) is 5. The van der Waals surface area contributed by atoms with Crippen LogP contribution >= 0.6 is 0 Å². The Kier molecular flexibility index (Phi) is 6.10. The molecule has 0 radical (unpaired) electrons. The Balaban J connectivity index is 1.18. The molecule has 0 N–H and O–H groups in total. The Labute approximate surface area is 330 Å². The topological polar surface area (TPSA) is 65.0 Å². The molecule has 0 aliphatic carbocycles. The smallest absolute Gasteiger partial charge is 0.164 e. The Morgan fingerprint density at radius 1 is 0.375 bits per heavy atom. The molecule has 0 saturated carbocycles. The van der Waals surface area contributed by atoms with Crippen molar-refractivity contribution in [2.45, 2.75) is 0 Å². The van der Waals surface area contributed by atoms with Crippen molar-refractivity contribution in [1.82, 2.24) is 15.0 Å². The van der Waals surface area contributed by atoms with Crippen LogP contribution in [-0.2, 0) is 0 Å². The van der Waals surface area contributed by atoms with Gasteiger partial charge in [0.25, 0.3) is 0 Å². The molecule has 5 heteroatoms. The second kappa shape index (κ2) is 13.0. The summed E-state index contributed by atoms with van der Waals surface area (Å²) in [5.74, 6) is 0.598. The summed E-state index contributed by atoms with van der Waals surface area (Å²) in [6.07, 6.45) is 0. The van der Waals surface area contributed by atoms with Crippen molar-refractivity contribution in [1.29, 1.82) is 0 Å². The van der Waals surface area contributed by atoms with Crippen LogP contribution in [0.4, 0.5) is 0 Å². The zero-order valence-electron chi connectivity index (χ0n) is 35.6. The highest BCUT2D eigenvalue weighted by atomic mass is 16.3. The van der Waals surface area contributed by atoms with Crippen molar-refractivity contribution in [3.05, 3.63) is 188 Å². The lowest BCUT2D eigenvalue weighted by atomic mass is 9.94. The fourth-order valence-electron chi connectivity index (χ4n) is 7.44. The third-order valence-electron chi connectivity index (χ3n) is 10.1. The van der Waals surface area contributed by atoms with E-state index in [9.17, 15) is 5.48 Å². The van der Waals surface area contributed by atoms with Gasteiger partial charge in [-0.3, -0.25) is 0 Å². The Bertz CT molecular complexity index is 3590.